The number of para-hydroxylation sites is 1. The zero-order valence-electron chi connectivity index (χ0n) is 17.4. The Labute approximate surface area is 173 Å². The topological polar surface area (TPSA) is 90.9 Å². The second-order valence-corrected chi connectivity index (χ2v) is 7.37. The Morgan fingerprint density at radius 2 is 1.80 bits per heavy atom. The van der Waals surface area contributed by atoms with Crippen molar-refractivity contribution in [2.45, 2.75) is 33.7 Å². The van der Waals surface area contributed by atoms with Gasteiger partial charge in [0.25, 0.3) is 5.56 Å². The molecule has 0 bridgehead atoms. The van der Waals surface area contributed by atoms with Crippen molar-refractivity contribution in [1.82, 2.24) is 18.9 Å². The Kier molecular flexibility index (Phi) is 4.77. The molecule has 30 heavy (non-hydrogen) atoms. The highest BCUT2D eigenvalue weighted by atomic mass is 16.2. The number of rotatable bonds is 4. The van der Waals surface area contributed by atoms with Gasteiger partial charge >= 0.3 is 5.69 Å². The van der Waals surface area contributed by atoms with Gasteiger partial charge in [0.05, 0.1) is 17.1 Å². The lowest BCUT2D eigenvalue weighted by Gasteiger charge is -2.11. The second kappa shape index (κ2) is 7.29. The molecular weight excluding hydrogens is 382 g/mol. The highest BCUT2D eigenvalue weighted by molar-refractivity contribution is 6.19. The smallest absolute Gasteiger partial charge is 0.332 e. The highest BCUT2D eigenvalue weighted by Crippen LogP contribution is 2.28. The van der Waals surface area contributed by atoms with Crippen molar-refractivity contribution in [2.75, 3.05) is 5.32 Å². The summed E-state index contributed by atoms with van der Waals surface area (Å²) >= 11 is 0. The van der Waals surface area contributed by atoms with E-state index in [0.29, 0.717) is 13.0 Å². The number of nitrogens with one attached hydrogen (secondary N) is 1. The average molecular weight is 405 g/mol. The van der Waals surface area contributed by atoms with Gasteiger partial charge in [0.1, 0.15) is 11.4 Å². The maximum atomic E-state index is 13.1. The Balaban J connectivity index is 1.84. The summed E-state index contributed by atoms with van der Waals surface area (Å²) in [5, 5.41) is 7.62. The van der Waals surface area contributed by atoms with E-state index < -0.39 is 17.0 Å². The lowest BCUT2D eigenvalue weighted by atomic mass is 10.1. The second-order valence-electron chi connectivity index (χ2n) is 7.37. The molecule has 1 N–H and O–H groups in total. The molecule has 0 saturated heterocycles. The summed E-state index contributed by atoms with van der Waals surface area (Å²) in [5.74, 6) is -0.145. The van der Waals surface area contributed by atoms with Crippen molar-refractivity contribution in [3.63, 3.8) is 0 Å². The predicted molar refractivity (Wildman–Crippen MR) is 115 cm³/mol. The molecule has 1 aliphatic heterocycles. The number of aromatic nitrogens is 4. The number of allylic oxidation sites excluding steroid dienone is 1. The molecule has 0 spiro atoms. The molecule has 1 aromatic carbocycles. The van der Waals surface area contributed by atoms with Crippen molar-refractivity contribution in [1.29, 1.82) is 0 Å². The zero-order valence-corrected chi connectivity index (χ0v) is 17.4. The summed E-state index contributed by atoms with van der Waals surface area (Å²) in [6.07, 6.45) is 2.40. The summed E-state index contributed by atoms with van der Waals surface area (Å²) in [6, 6.07) is 9.72. The van der Waals surface area contributed by atoms with Crippen LogP contribution in [0.2, 0.25) is 0 Å². The van der Waals surface area contributed by atoms with Crippen LogP contribution >= 0.6 is 0 Å². The van der Waals surface area contributed by atoms with Crippen LogP contribution in [-0.4, -0.2) is 24.7 Å². The lowest BCUT2D eigenvalue weighted by molar-refractivity contribution is 0.104. The largest absolute Gasteiger partial charge is 0.338 e. The van der Waals surface area contributed by atoms with Crippen LogP contribution < -0.4 is 16.6 Å². The molecular formula is C22H23N5O3. The minimum atomic E-state index is -0.586. The number of hydrogen-bond acceptors (Lipinski definition) is 5. The Bertz CT molecular complexity index is 1310. The van der Waals surface area contributed by atoms with Crippen LogP contribution in [0.1, 0.15) is 40.7 Å². The molecule has 0 fully saturated rings. The van der Waals surface area contributed by atoms with E-state index in [9.17, 15) is 14.4 Å². The van der Waals surface area contributed by atoms with Crippen LogP contribution in [-0.2, 0) is 13.6 Å². The number of aryl methyl sites for hydroxylation is 1. The molecule has 3 heterocycles. The summed E-state index contributed by atoms with van der Waals surface area (Å²) in [5.41, 5.74) is 2.58. The van der Waals surface area contributed by atoms with Gasteiger partial charge in [-0.25, -0.2) is 9.48 Å². The predicted octanol–water partition coefficient (Wildman–Crippen LogP) is 2.41. The van der Waals surface area contributed by atoms with Gasteiger partial charge in [0.15, 0.2) is 0 Å². The molecule has 2 aromatic heterocycles. The molecule has 3 aromatic rings. The van der Waals surface area contributed by atoms with Crippen LogP contribution in [0.25, 0.3) is 11.8 Å². The van der Waals surface area contributed by atoms with Crippen molar-refractivity contribution >= 4 is 17.7 Å². The third-order valence-electron chi connectivity index (χ3n) is 5.35. The Hall–Kier alpha value is -3.68. The van der Waals surface area contributed by atoms with Gasteiger partial charge < -0.3 is 5.32 Å². The number of nitrogens with zero attached hydrogens (tertiary/aromatic N) is 4. The van der Waals surface area contributed by atoms with Gasteiger partial charge in [-0.05, 0) is 38.5 Å². The standard InChI is InChI=1S/C22H23N5O3/c1-5-11-26-20-18(21(29)25(4)22(26)30)19(28)17(23-20)12-16-13(2)24-27(14(16)3)15-9-7-6-8-10-15/h6-10,12,23H,5,11H2,1-4H3/b17-12-. The van der Waals surface area contributed by atoms with Gasteiger partial charge in [-0.15, -0.1) is 0 Å². The quantitative estimate of drug-likeness (QED) is 0.673. The monoisotopic (exact) mass is 405 g/mol. The minimum Gasteiger partial charge on any atom is -0.338 e. The lowest BCUT2D eigenvalue weighted by Crippen LogP contribution is -2.40. The van der Waals surface area contributed by atoms with E-state index in [2.05, 4.69) is 10.4 Å². The number of fused-ring (bicyclic) bond motifs is 1. The maximum absolute atomic E-state index is 13.1. The highest BCUT2D eigenvalue weighted by Gasteiger charge is 2.32. The molecule has 0 amide bonds. The van der Waals surface area contributed by atoms with Gasteiger partial charge in [-0.2, -0.15) is 5.10 Å². The number of carbonyl (C=O) groups is 1. The molecule has 0 atom stereocenters. The van der Waals surface area contributed by atoms with E-state index in [0.717, 1.165) is 27.2 Å². The molecule has 0 radical (unpaired) electrons. The molecule has 0 saturated carbocycles. The van der Waals surface area contributed by atoms with Crippen LogP contribution in [0.4, 0.5) is 5.82 Å². The summed E-state index contributed by atoms with van der Waals surface area (Å²) in [7, 11) is 1.39. The summed E-state index contributed by atoms with van der Waals surface area (Å²) < 4.78 is 4.25. The summed E-state index contributed by atoms with van der Waals surface area (Å²) in [6.45, 7) is 6.14. The molecule has 1 aliphatic rings. The fraction of sp³-hybridized carbons (Fsp3) is 0.273. The van der Waals surface area contributed by atoms with E-state index >= 15 is 0 Å². The number of benzene rings is 1. The minimum absolute atomic E-state index is 0.00237. The number of anilines is 1. The SMILES string of the molecule is CCCn1c2c(c(=O)n(C)c1=O)C(=O)/C(=C/c1c(C)nn(-c3ccccc3)c1C)N2. The molecule has 0 unspecified atom stereocenters. The third-order valence-corrected chi connectivity index (χ3v) is 5.35. The number of carbonyl (C=O) groups excluding carboxylic acids is 1. The van der Waals surface area contributed by atoms with E-state index in [4.69, 9.17) is 0 Å². The maximum Gasteiger partial charge on any atom is 0.332 e. The first-order valence-electron chi connectivity index (χ1n) is 9.84. The van der Waals surface area contributed by atoms with E-state index in [1.165, 1.54) is 11.6 Å². The van der Waals surface area contributed by atoms with Crippen molar-refractivity contribution in [2.24, 2.45) is 7.05 Å². The van der Waals surface area contributed by atoms with Gasteiger partial charge in [-0.3, -0.25) is 18.7 Å². The van der Waals surface area contributed by atoms with Crippen LogP contribution in [0.15, 0.2) is 45.6 Å². The van der Waals surface area contributed by atoms with Gasteiger partial charge in [0, 0.05) is 24.8 Å². The Morgan fingerprint density at radius 1 is 1.10 bits per heavy atom. The average Bonchev–Trinajstić information content (AvgIpc) is 3.21. The fourth-order valence-corrected chi connectivity index (χ4v) is 3.78. The van der Waals surface area contributed by atoms with E-state index in [1.807, 2.05) is 55.8 Å². The van der Waals surface area contributed by atoms with Crippen molar-refractivity contribution in [3.05, 3.63) is 79.4 Å². The van der Waals surface area contributed by atoms with E-state index in [1.54, 1.807) is 6.08 Å². The molecule has 4 rings (SSSR count). The van der Waals surface area contributed by atoms with Crippen LogP contribution in [0.5, 0.6) is 0 Å². The number of Topliss-reactive ketones (excluding diaryl/α,β-unsaturated/α-hetero) is 1. The molecule has 8 heteroatoms. The third kappa shape index (κ3) is 2.92. The van der Waals surface area contributed by atoms with Crippen molar-refractivity contribution in [3.8, 4) is 5.69 Å². The van der Waals surface area contributed by atoms with Crippen molar-refractivity contribution < 1.29 is 4.79 Å². The first kappa shape index (κ1) is 19.6. The van der Waals surface area contributed by atoms with Crippen LogP contribution in [0.3, 0.4) is 0 Å². The summed E-state index contributed by atoms with van der Waals surface area (Å²) in [4.78, 5) is 38.2. The van der Waals surface area contributed by atoms with Gasteiger partial charge in [-0.1, -0.05) is 25.1 Å². The first-order chi connectivity index (χ1) is 14.3. The number of ketones is 1. The normalized spacial score (nSPS) is 14.3. The van der Waals surface area contributed by atoms with Crippen LogP contribution in [0, 0.1) is 13.8 Å². The van der Waals surface area contributed by atoms with E-state index in [-0.39, 0.29) is 17.1 Å². The molecule has 154 valence electrons. The molecule has 8 nitrogen and oxygen atoms in total. The first-order valence-corrected chi connectivity index (χ1v) is 9.84. The zero-order chi connectivity index (χ0) is 21.6. The van der Waals surface area contributed by atoms with Gasteiger partial charge in [0.2, 0.25) is 5.78 Å². The Morgan fingerprint density at radius 3 is 2.47 bits per heavy atom. The molecule has 0 aliphatic carbocycles. The fourth-order valence-electron chi connectivity index (χ4n) is 3.78. The number of hydrogen-bond donors (Lipinski definition) is 1.